The summed E-state index contributed by atoms with van der Waals surface area (Å²) in [6, 6.07) is 0. The molecule has 0 N–H and O–H groups in total. The smallest absolute Gasteiger partial charge is 0.219 e. The fourth-order valence-corrected chi connectivity index (χ4v) is 1.85. The van der Waals surface area contributed by atoms with Crippen molar-refractivity contribution in [2.45, 2.75) is 13.3 Å². The first kappa shape index (κ1) is 9.25. The average Bonchev–Trinajstić information content (AvgIpc) is 2.37. The number of hydrogen-bond donors (Lipinski definition) is 0. The fourth-order valence-electron chi connectivity index (χ4n) is 1.34. The van der Waals surface area contributed by atoms with Gasteiger partial charge in [0.05, 0.1) is 6.61 Å². The fraction of sp³-hybridized carbons (Fsp3) is 0.857. The Bertz CT molecular complexity index is 151. The molecule has 3 nitrogen and oxygen atoms in total. The van der Waals surface area contributed by atoms with Gasteiger partial charge < -0.3 is 7.97 Å². The Balaban J connectivity index is 2.29. The molecule has 1 fully saturated rings. The second-order valence-corrected chi connectivity index (χ2v) is 3.52. The molecule has 0 aromatic rings. The molecule has 0 saturated carbocycles. The Labute approximate surface area is 80.8 Å². The van der Waals surface area contributed by atoms with Crippen LogP contribution < -0.4 is 0 Å². The van der Waals surface area contributed by atoms with Gasteiger partial charge in [0.15, 0.2) is 0 Å². The van der Waals surface area contributed by atoms with Crippen LogP contribution in [-0.2, 0) is 7.86 Å². The van der Waals surface area contributed by atoms with Gasteiger partial charge in [-0.3, -0.25) is 4.79 Å². The average molecular weight is 269 g/mol. The molecule has 64 valence electrons. The lowest BCUT2D eigenvalue weighted by Gasteiger charge is -2.12. The van der Waals surface area contributed by atoms with Crippen molar-refractivity contribution in [1.82, 2.24) is 4.90 Å². The molecule has 1 heterocycles. The summed E-state index contributed by atoms with van der Waals surface area (Å²) in [6.07, 6.45) is 1.09. The molecule has 1 atom stereocenters. The van der Waals surface area contributed by atoms with E-state index in [-0.39, 0.29) is 5.91 Å². The molecule has 1 unspecified atom stereocenters. The lowest BCUT2D eigenvalue weighted by molar-refractivity contribution is -0.127. The van der Waals surface area contributed by atoms with Gasteiger partial charge in [0, 0.05) is 25.9 Å². The van der Waals surface area contributed by atoms with Crippen LogP contribution in [0.2, 0.25) is 0 Å². The molecule has 1 aliphatic rings. The molecule has 0 radical (unpaired) electrons. The largest absolute Gasteiger partial charge is 0.343 e. The molecule has 0 spiro atoms. The number of amides is 1. The van der Waals surface area contributed by atoms with Gasteiger partial charge in [0.1, 0.15) is 23.0 Å². The van der Waals surface area contributed by atoms with Crippen LogP contribution in [0.25, 0.3) is 0 Å². The Morgan fingerprint density at radius 2 is 2.55 bits per heavy atom. The van der Waals surface area contributed by atoms with Gasteiger partial charge in [0.2, 0.25) is 5.91 Å². The van der Waals surface area contributed by atoms with E-state index in [0.29, 0.717) is 5.92 Å². The van der Waals surface area contributed by atoms with E-state index in [9.17, 15) is 4.79 Å². The monoisotopic (exact) mass is 269 g/mol. The lowest BCUT2D eigenvalue weighted by atomic mass is 10.1. The standard InChI is InChI=1S/C7H12INO2/c1-6(10)9-3-2-7(4-9)5-11-8/h7H,2-5H2,1H3. The minimum absolute atomic E-state index is 0.181. The lowest BCUT2D eigenvalue weighted by Crippen LogP contribution is -2.26. The molecule has 0 bridgehead atoms. The van der Waals surface area contributed by atoms with Gasteiger partial charge in [-0.1, -0.05) is 0 Å². The highest BCUT2D eigenvalue weighted by molar-refractivity contribution is 14.1. The molecule has 0 aromatic heterocycles. The maximum Gasteiger partial charge on any atom is 0.219 e. The SMILES string of the molecule is CC(=O)N1CCC(COI)C1. The summed E-state index contributed by atoms with van der Waals surface area (Å²) in [5.41, 5.74) is 0. The van der Waals surface area contributed by atoms with Gasteiger partial charge in [0.25, 0.3) is 0 Å². The van der Waals surface area contributed by atoms with Crippen LogP contribution in [0.3, 0.4) is 0 Å². The molecule has 0 aliphatic carbocycles. The summed E-state index contributed by atoms with van der Waals surface area (Å²) in [5.74, 6) is 0.733. The molecule has 1 aliphatic heterocycles. The van der Waals surface area contributed by atoms with Crippen LogP contribution in [0, 0.1) is 5.92 Å². The molecule has 1 rings (SSSR count). The highest BCUT2D eigenvalue weighted by Gasteiger charge is 2.23. The first-order valence-corrected chi connectivity index (χ1v) is 4.61. The number of carbonyl (C=O) groups excluding carboxylic acids is 1. The van der Waals surface area contributed by atoms with E-state index >= 15 is 0 Å². The summed E-state index contributed by atoms with van der Waals surface area (Å²) in [6.45, 7) is 4.16. The molecule has 1 amide bonds. The quantitative estimate of drug-likeness (QED) is 0.705. The first-order valence-electron chi connectivity index (χ1n) is 3.73. The number of nitrogens with zero attached hydrogens (tertiary/aromatic N) is 1. The molecule has 1 saturated heterocycles. The van der Waals surface area contributed by atoms with E-state index in [4.69, 9.17) is 3.07 Å². The summed E-state index contributed by atoms with van der Waals surface area (Å²) < 4.78 is 4.99. The summed E-state index contributed by atoms with van der Waals surface area (Å²) in [4.78, 5) is 12.8. The van der Waals surface area contributed by atoms with Gasteiger partial charge in [-0.15, -0.1) is 0 Å². The normalized spacial score (nSPS) is 24.2. The van der Waals surface area contributed by atoms with Crippen molar-refractivity contribution >= 4 is 28.9 Å². The maximum atomic E-state index is 10.9. The van der Waals surface area contributed by atoms with E-state index < -0.39 is 0 Å². The second kappa shape index (κ2) is 4.25. The topological polar surface area (TPSA) is 29.5 Å². The zero-order valence-corrected chi connectivity index (χ0v) is 8.70. The Hall–Kier alpha value is 0.160. The number of rotatable bonds is 2. The zero-order chi connectivity index (χ0) is 8.27. The summed E-state index contributed by atoms with van der Waals surface area (Å²) in [5, 5.41) is 0. The predicted octanol–water partition coefficient (Wildman–Crippen LogP) is 1.22. The van der Waals surface area contributed by atoms with Crippen LogP contribution in [-0.4, -0.2) is 30.5 Å². The minimum atomic E-state index is 0.181. The summed E-state index contributed by atoms with van der Waals surface area (Å²) >= 11 is 1.90. The number of carbonyl (C=O) groups is 1. The van der Waals surface area contributed by atoms with E-state index in [2.05, 4.69) is 0 Å². The van der Waals surface area contributed by atoms with Crippen LogP contribution >= 0.6 is 23.0 Å². The molecule has 11 heavy (non-hydrogen) atoms. The van der Waals surface area contributed by atoms with Crippen molar-refractivity contribution in [3.05, 3.63) is 0 Å². The van der Waals surface area contributed by atoms with Crippen molar-refractivity contribution < 1.29 is 7.86 Å². The van der Waals surface area contributed by atoms with Crippen molar-refractivity contribution in [2.24, 2.45) is 5.92 Å². The van der Waals surface area contributed by atoms with Crippen molar-refractivity contribution in [2.75, 3.05) is 19.7 Å². The maximum absolute atomic E-state index is 10.9. The Kier molecular flexibility index (Phi) is 3.58. The highest BCUT2D eigenvalue weighted by Crippen LogP contribution is 2.16. The third kappa shape index (κ3) is 2.59. The number of likely N-dealkylation sites (tertiary alicyclic amines) is 1. The van der Waals surface area contributed by atoms with Crippen molar-refractivity contribution in [1.29, 1.82) is 0 Å². The van der Waals surface area contributed by atoms with Crippen LogP contribution in [0.15, 0.2) is 0 Å². The number of hydrogen-bond acceptors (Lipinski definition) is 2. The van der Waals surface area contributed by atoms with E-state index in [1.807, 2.05) is 27.9 Å². The molecular weight excluding hydrogens is 257 g/mol. The van der Waals surface area contributed by atoms with Crippen molar-refractivity contribution in [3.63, 3.8) is 0 Å². The minimum Gasteiger partial charge on any atom is -0.343 e. The molecule has 0 aromatic carbocycles. The predicted molar refractivity (Wildman–Crippen MR) is 50.3 cm³/mol. The zero-order valence-electron chi connectivity index (χ0n) is 6.55. The Morgan fingerprint density at radius 3 is 3.00 bits per heavy atom. The van der Waals surface area contributed by atoms with Crippen molar-refractivity contribution in [3.8, 4) is 0 Å². The third-order valence-electron chi connectivity index (χ3n) is 2.03. The van der Waals surface area contributed by atoms with E-state index in [1.54, 1.807) is 6.92 Å². The second-order valence-electron chi connectivity index (χ2n) is 2.90. The molecular formula is C7H12INO2. The van der Waals surface area contributed by atoms with Gasteiger partial charge in [-0.2, -0.15) is 0 Å². The highest BCUT2D eigenvalue weighted by atomic mass is 127. The van der Waals surface area contributed by atoms with Gasteiger partial charge in [-0.05, 0) is 6.42 Å². The van der Waals surface area contributed by atoms with Crippen LogP contribution in [0.4, 0.5) is 0 Å². The van der Waals surface area contributed by atoms with E-state index in [1.165, 1.54) is 0 Å². The summed E-state index contributed by atoms with van der Waals surface area (Å²) in [7, 11) is 0. The van der Waals surface area contributed by atoms with Gasteiger partial charge >= 0.3 is 0 Å². The van der Waals surface area contributed by atoms with Crippen LogP contribution in [0.5, 0.6) is 0 Å². The third-order valence-corrected chi connectivity index (χ3v) is 2.39. The Morgan fingerprint density at radius 1 is 1.82 bits per heavy atom. The van der Waals surface area contributed by atoms with Gasteiger partial charge in [-0.25, -0.2) is 0 Å². The molecule has 4 heteroatoms. The first-order chi connectivity index (χ1) is 5.24. The number of halogens is 1. The van der Waals surface area contributed by atoms with E-state index in [0.717, 1.165) is 26.1 Å². The van der Waals surface area contributed by atoms with Crippen LogP contribution in [0.1, 0.15) is 13.3 Å².